The molecule has 3 nitrogen and oxygen atoms in total. The Bertz CT molecular complexity index is 629. The van der Waals surface area contributed by atoms with Crippen molar-refractivity contribution in [3.8, 4) is 0 Å². The highest BCUT2D eigenvalue weighted by molar-refractivity contribution is 9.10. The van der Waals surface area contributed by atoms with Gasteiger partial charge in [-0.3, -0.25) is 4.68 Å². The topological polar surface area (TPSA) is 21.1 Å². The zero-order chi connectivity index (χ0) is 16.2. The Balaban J connectivity index is 1.71. The fraction of sp³-hybridized carbons (Fsp3) is 0.632. The monoisotopic (exact) mass is 377 g/mol. The summed E-state index contributed by atoms with van der Waals surface area (Å²) in [5.74, 6) is 0.753. The molecule has 23 heavy (non-hydrogen) atoms. The van der Waals surface area contributed by atoms with E-state index in [2.05, 4.69) is 63.6 Å². The van der Waals surface area contributed by atoms with Gasteiger partial charge in [0.25, 0.3) is 0 Å². The van der Waals surface area contributed by atoms with E-state index in [0.717, 1.165) is 17.1 Å². The minimum absolute atomic E-state index is 0.692. The molecule has 1 aliphatic heterocycles. The molecule has 1 aliphatic rings. The second-order valence-corrected chi connectivity index (χ2v) is 7.95. The molecule has 1 aromatic carbocycles. The molecule has 1 aromatic heterocycles. The van der Waals surface area contributed by atoms with Gasteiger partial charge in [0.2, 0.25) is 0 Å². The van der Waals surface area contributed by atoms with Crippen LogP contribution in [0.4, 0.5) is 0 Å². The average molecular weight is 378 g/mol. The van der Waals surface area contributed by atoms with E-state index < -0.39 is 0 Å². The van der Waals surface area contributed by atoms with Crippen molar-refractivity contribution in [2.75, 3.05) is 13.1 Å². The van der Waals surface area contributed by atoms with Crippen LogP contribution in [0, 0.1) is 5.92 Å². The maximum absolute atomic E-state index is 4.70. The van der Waals surface area contributed by atoms with Crippen LogP contribution in [0.2, 0.25) is 0 Å². The van der Waals surface area contributed by atoms with Crippen molar-refractivity contribution in [3.05, 3.63) is 28.9 Å². The van der Waals surface area contributed by atoms with Gasteiger partial charge in [0.1, 0.15) is 4.60 Å². The maximum atomic E-state index is 4.70. The van der Waals surface area contributed by atoms with Gasteiger partial charge in [-0.25, -0.2) is 0 Å². The SMILES string of the molecule is CC(C)CC(CCn1nc(Br)c2ccccc21)N1CCCCC1. The number of nitrogens with zero attached hydrogens (tertiary/aromatic N) is 3. The lowest BCUT2D eigenvalue weighted by atomic mass is 9.97. The van der Waals surface area contributed by atoms with Gasteiger partial charge in [-0.2, -0.15) is 5.10 Å². The van der Waals surface area contributed by atoms with E-state index in [0.29, 0.717) is 6.04 Å². The Hall–Kier alpha value is -0.870. The van der Waals surface area contributed by atoms with Crippen molar-refractivity contribution >= 4 is 26.8 Å². The molecule has 0 aliphatic carbocycles. The predicted molar refractivity (Wildman–Crippen MR) is 101 cm³/mol. The molecular weight excluding hydrogens is 350 g/mol. The van der Waals surface area contributed by atoms with E-state index >= 15 is 0 Å². The summed E-state index contributed by atoms with van der Waals surface area (Å²) < 4.78 is 3.14. The van der Waals surface area contributed by atoms with E-state index in [4.69, 9.17) is 5.10 Å². The molecule has 1 atom stereocenters. The van der Waals surface area contributed by atoms with Gasteiger partial charge >= 0.3 is 0 Å². The third kappa shape index (κ3) is 4.16. The van der Waals surface area contributed by atoms with E-state index in [1.165, 1.54) is 56.1 Å². The third-order valence-corrected chi connectivity index (χ3v) is 5.52. The number of aromatic nitrogens is 2. The van der Waals surface area contributed by atoms with Crippen LogP contribution in [0.25, 0.3) is 10.9 Å². The van der Waals surface area contributed by atoms with Crippen LogP contribution in [0.3, 0.4) is 0 Å². The molecule has 2 heterocycles. The summed E-state index contributed by atoms with van der Waals surface area (Å²) in [6, 6.07) is 9.18. The van der Waals surface area contributed by atoms with Crippen LogP contribution in [0.1, 0.15) is 46.0 Å². The van der Waals surface area contributed by atoms with E-state index in [1.807, 2.05) is 0 Å². The second-order valence-electron chi connectivity index (χ2n) is 7.20. The standard InChI is InChI=1S/C19H28BrN3/c1-15(2)14-16(22-11-6-3-7-12-22)10-13-23-18-9-5-4-8-17(18)19(20)21-23/h4-5,8-9,15-16H,3,6-7,10-14H2,1-2H3. The highest BCUT2D eigenvalue weighted by atomic mass is 79.9. The molecule has 2 aromatic rings. The molecule has 126 valence electrons. The van der Waals surface area contributed by atoms with Crippen LogP contribution >= 0.6 is 15.9 Å². The summed E-state index contributed by atoms with van der Waals surface area (Å²) >= 11 is 3.60. The van der Waals surface area contributed by atoms with Crippen molar-refractivity contribution in [2.24, 2.45) is 5.92 Å². The number of rotatable bonds is 6. The zero-order valence-corrected chi connectivity index (χ0v) is 15.9. The average Bonchev–Trinajstić information content (AvgIpc) is 2.89. The largest absolute Gasteiger partial charge is 0.300 e. The first-order chi connectivity index (χ1) is 11.1. The Kier molecular flexibility index (Phi) is 5.76. The number of hydrogen-bond acceptors (Lipinski definition) is 2. The summed E-state index contributed by atoms with van der Waals surface area (Å²) in [4.78, 5) is 2.73. The predicted octanol–water partition coefficient (Wildman–Crippen LogP) is 5.09. The minimum atomic E-state index is 0.692. The first kappa shape index (κ1) is 17.0. The van der Waals surface area contributed by atoms with Crippen molar-refractivity contribution in [2.45, 2.75) is 58.5 Å². The summed E-state index contributed by atoms with van der Waals surface area (Å²) in [7, 11) is 0. The summed E-state index contributed by atoms with van der Waals surface area (Å²) in [6.07, 6.45) is 6.62. The molecule has 0 amide bonds. The Labute approximate surface area is 148 Å². The van der Waals surface area contributed by atoms with Crippen LogP contribution in [-0.2, 0) is 6.54 Å². The number of benzene rings is 1. The number of likely N-dealkylation sites (tertiary alicyclic amines) is 1. The van der Waals surface area contributed by atoms with Crippen molar-refractivity contribution in [1.82, 2.24) is 14.7 Å². The van der Waals surface area contributed by atoms with Crippen LogP contribution in [0.5, 0.6) is 0 Å². The second kappa shape index (κ2) is 7.80. The van der Waals surface area contributed by atoms with Gasteiger partial charge in [-0.15, -0.1) is 0 Å². The molecular formula is C19H28BrN3. The molecule has 1 fully saturated rings. The van der Waals surface area contributed by atoms with Crippen molar-refractivity contribution in [1.29, 1.82) is 0 Å². The van der Waals surface area contributed by atoms with Crippen molar-refractivity contribution in [3.63, 3.8) is 0 Å². The smallest absolute Gasteiger partial charge is 0.135 e. The fourth-order valence-electron chi connectivity index (χ4n) is 3.81. The third-order valence-electron chi connectivity index (χ3n) is 4.94. The molecule has 1 saturated heterocycles. The summed E-state index contributed by atoms with van der Waals surface area (Å²) in [6.45, 7) is 8.25. The van der Waals surface area contributed by atoms with Crippen molar-refractivity contribution < 1.29 is 0 Å². The van der Waals surface area contributed by atoms with Crippen LogP contribution in [0.15, 0.2) is 28.9 Å². The number of halogens is 1. The first-order valence-electron chi connectivity index (χ1n) is 9.00. The van der Waals surface area contributed by atoms with Crippen LogP contribution < -0.4 is 0 Å². The van der Waals surface area contributed by atoms with Crippen LogP contribution in [-0.4, -0.2) is 33.8 Å². The van der Waals surface area contributed by atoms with Gasteiger partial charge in [0.15, 0.2) is 0 Å². The van der Waals surface area contributed by atoms with Gasteiger partial charge in [-0.1, -0.05) is 38.5 Å². The Morgan fingerprint density at radius 1 is 1.13 bits per heavy atom. The van der Waals surface area contributed by atoms with Gasteiger partial charge < -0.3 is 4.90 Å². The number of aryl methyl sites for hydroxylation is 1. The minimum Gasteiger partial charge on any atom is -0.300 e. The molecule has 0 bridgehead atoms. The maximum Gasteiger partial charge on any atom is 0.135 e. The van der Waals surface area contributed by atoms with Gasteiger partial charge in [0, 0.05) is 18.0 Å². The first-order valence-corrected chi connectivity index (χ1v) is 9.79. The summed E-state index contributed by atoms with van der Waals surface area (Å²) in [5, 5.41) is 5.91. The fourth-order valence-corrected chi connectivity index (χ4v) is 4.33. The van der Waals surface area contributed by atoms with E-state index in [-0.39, 0.29) is 0 Å². The molecule has 0 N–H and O–H groups in total. The Morgan fingerprint density at radius 3 is 2.61 bits per heavy atom. The molecule has 3 rings (SSSR count). The lowest BCUT2D eigenvalue weighted by Gasteiger charge is -2.35. The normalized spacial score (nSPS) is 17.9. The van der Waals surface area contributed by atoms with E-state index in [9.17, 15) is 0 Å². The highest BCUT2D eigenvalue weighted by Crippen LogP contribution is 2.25. The molecule has 0 spiro atoms. The van der Waals surface area contributed by atoms with Gasteiger partial charge in [-0.05, 0) is 66.7 Å². The summed E-state index contributed by atoms with van der Waals surface area (Å²) in [5.41, 5.74) is 1.24. The molecule has 0 saturated carbocycles. The number of fused-ring (bicyclic) bond motifs is 1. The lowest BCUT2D eigenvalue weighted by molar-refractivity contribution is 0.133. The van der Waals surface area contributed by atoms with Gasteiger partial charge in [0.05, 0.1) is 5.52 Å². The molecule has 1 unspecified atom stereocenters. The lowest BCUT2D eigenvalue weighted by Crippen LogP contribution is -2.40. The quantitative estimate of drug-likeness (QED) is 0.698. The number of piperidine rings is 1. The highest BCUT2D eigenvalue weighted by Gasteiger charge is 2.22. The number of hydrogen-bond donors (Lipinski definition) is 0. The Morgan fingerprint density at radius 2 is 1.87 bits per heavy atom. The number of para-hydroxylation sites is 1. The molecule has 0 radical (unpaired) electrons. The van der Waals surface area contributed by atoms with E-state index in [1.54, 1.807) is 0 Å². The molecule has 4 heteroatoms. The zero-order valence-electron chi connectivity index (χ0n) is 14.3.